The zero-order valence-electron chi connectivity index (χ0n) is 8.48. The van der Waals surface area contributed by atoms with E-state index >= 15 is 0 Å². The lowest BCUT2D eigenvalue weighted by Crippen LogP contribution is -1.90. The van der Waals surface area contributed by atoms with Gasteiger partial charge in [-0.15, -0.1) is 16.9 Å². The Kier molecular flexibility index (Phi) is 3.27. The molecule has 4 nitrogen and oxygen atoms in total. The minimum atomic E-state index is 0.813. The number of hydrogen-bond acceptors (Lipinski definition) is 6. The van der Waals surface area contributed by atoms with Gasteiger partial charge in [0.2, 0.25) is 0 Å². The van der Waals surface area contributed by atoms with Crippen LogP contribution in [0.2, 0.25) is 0 Å². The molecule has 80 valence electrons. The van der Waals surface area contributed by atoms with Crippen molar-refractivity contribution in [3.63, 3.8) is 0 Å². The van der Waals surface area contributed by atoms with Gasteiger partial charge in [-0.1, -0.05) is 4.49 Å². The van der Waals surface area contributed by atoms with Crippen LogP contribution in [-0.2, 0) is 5.75 Å². The molecule has 0 spiro atoms. The van der Waals surface area contributed by atoms with Crippen molar-refractivity contribution in [2.24, 2.45) is 0 Å². The van der Waals surface area contributed by atoms with Crippen molar-refractivity contribution in [1.82, 2.24) is 9.59 Å². The molecule has 2 heterocycles. The fraction of sp³-hybridized carbons (Fsp3) is 0.333. The maximum absolute atomic E-state index is 5.22. The standard InChI is InChI=1S/C9H11N3OS2/c1-6-8(3-4-13-6)14-5-7-9(10-2)15-12-11-7/h3-4,10H,5H2,1-2H3. The Morgan fingerprint density at radius 2 is 2.47 bits per heavy atom. The highest BCUT2D eigenvalue weighted by Gasteiger charge is 2.08. The van der Waals surface area contributed by atoms with Gasteiger partial charge in [-0.05, 0) is 13.0 Å². The Labute approximate surface area is 96.2 Å². The van der Waals surface area contributed by atoms with Crippen LogP contribution in [0.15, 0.2) is 21.6 Å². The molecule has 1 N–H and O–H groups in total. The molecule has 0 aliphatic heterocycles. The third-order valence-corrected chi connectivity index (χ3v) is 3.90. The first-order chi connectivity index (χ1) is 7.31. The van der Waals surface area contributed by atoms with E-state index in [1.54, 1.807) is 18.0 Å². The van der Waals surface area contributed by atoms with Crippen molar-refractivity contribution >= 4 is 28.3 Å². The number of thioether (sulfide) groups is 1. The van der Waals surface area contributed by atoms with Crippen LogP contribution in [0.25, 0.3) is 0 Å². The highest BCUT2D eigenvalue weighted by Crippen LogP contribution is 2.29. The van der Waals surface area contributed by atoms with Gasteiger partial charge in [0.15, 0.2) is 0 Å². The smallest absolute Gasteiger partial charge is 0.133 e. The summed E-state index contributed by atoms with van der Waals surface area (Å²) in [5.41, 5.74) is 0.994. The molecule has 0 atom stereocenters. The van der Waals surface area contributed by atoms with E-state index in [1.807, 2.05) is 20.0 Å². The SMILES string of the molecule is CNc1snnc1CSc1ccoc1C. The van der Waals surface area contributed by atoms with E-state index in [-0.39, 0.29) is 0 Å². The number of hydrogen-bond donors (Lipinski definition) is 1. The molecule has 0 saturated heterocycles. The van der Waals surface area contributed by atoms with Crippen molar-refractivity contribution in [3.05, 3.63) is 23.8 Å². The van der Waals surface area contributed by atoms with Crippen LogP contribution in [0.1, 0.15) is 11.5 Å². The minimum absolute atomic E-state index is 0.813. The van der Waals surface area contributed by atoms with Crippen molar-refractivity contribution in [2.45, 2.75) is 17.6 Å². The van der Waals surface area contributed by atoms with Gasteiger partial charge in [-0.25, -0.2) is 0 Å². The van der Waals surface area contributed by atoms with Gasteiger partial charge in [-0.2, -0.15) is 0 Å². The molecule has 2 rings (SSSR count). The number of anilines is 1. The van der Waals surface area contributed by atoms with Crippen molar-refractivity contribution in [3.8, 4) is 0 Å². The molecule has 0 fully saturated rings. The second-order valence-corrected chi connectivity index (χ2v) is 4.70. The van der Waals surface area contributed by atoms with Crippen LogP contribution < -0.4 is 5.32 Å². The summed E-state index contributed by atoms with van der Waals surface area (Å²) in [6.45, 7) is 1.96. The summed E-state index contributed by atoms with van der Waals surface area (Å²) >= 11 is 3.09. The van der Waals surface area contributed by atoms with E-state index < -0.39 is 0 Å². The average Bonchev–Trinajstić information content (AvgIpc) is 2.83. The summed E-state index contributed by atoms with van der Waals surface area (Å²) in [5.74, 6) is 1.77. The second kappa shape index (κ2) is 4.67. The highest BCUT2D eigenvalue weighted by atomic mass is 32.2. The first kappa shape index (κ1) is 10.5. The van der Waals surface area contributed by atoms with Crippen molar-refractivity contribution in [2.75, 3.05) is 12.4 Å². The number of aromatic nitrogens is 2. The number of nitrogens with one attached hydrogen (secondary N) is 1. The van der Waals surface area contributed by atoms with E-state index in [4.69, 9.17) is 4.42 Å². The fourth-order valence-electron chi connectivity index (χ4n) is 1.16. The maximum Gasteiger partial charge on any atom is 0.133 e. The molecule has 0 bridgehead atoms. The lowest BCUT2D eigenvalue weighted by atomic mass is 10.5. The first-order valence-corrected chi connectivity index (χ1v) is 6.23. The van der Waals surface area contributed by atoms with Crippen molar-refractivity contribution in [1.29, 1.82) is 0 Å². The Hall–Kier alpha value is -1.01. The third kappa shape index (κ3) is 2.32. The molecule has 2 aromatic heterocycles. The predicted octanol–water partition coefficient (Wildman–Crippen LogP) is 2.77. The average molecular weight is 241 g/mol. The second-order valence-electron chi connectivity index (χ2n) is 2.93. The first-order valence-electron chi connectivity index (χ1n) is 4.47. The summed E-state index contributed by atoms with van der Waals surface area (Å²) in [4.78, 5) is 1.16. The Bertz CT molecular complexity index is 438. The minimum Gasteiger partial charge on any atom is -0.468 e. The molecule has 0 aliphatic rings. The van der Waals surface area contributed by atoms with Gasteiger partial charge in [0, 0.05) is 29.2 Å². The van der Waals surface area contributed by atoms with Gasteiger partial charge in [0.1, 0.15) is 16.5 Å². The number of nitrogens with zero attached hydrogens (tertiary/aromatic N) is 2. The van der Waals surface area contributed by atoms with E-state index in [0.717, 1.165) is 27.1 Å². The topological polar surface area (TPSA) is 51.0 Å². The Morgan fingerprint density at radius 1 is 1.60 bits per heavy atom. The van der Waals surface area contributed by atoms with Gasteiger partial charge < -0.3 is 9.73 Å². The predicted molar refractivity (Wildman–Crippen MR) is 62.5 cm³/mol. The van der Waals surface area contributed by atoms with Gasteiger partial charge in [0.05, 0.1) is 6.26 Å². The largest absolute Gasteiger partial charge is 0.468 e. The summed E-state index contributed by atoms with van der Waals surface area (Å²) < 4.78 is 9.13. The Morgan fingerprint density at radius 3 is 3.13 bits per heavy atom. The lowest BCUT2D eigenvalue weighted by Gasteiger charge is -1.99. The number of rotatable bonds is 4. The molecule has 2 aromatic rings. The molecule has 0 saturated carbocycles. The highest BCUT2D eigenvalue weighted by molar-refractivity contribution is 7.98. The molecule has 0 unspecified atom stereocenters. The third-order valence-electron chi connectivity index (χ3n) is 1.96. The van der Waals surface area contributed by atoms with E-state index in [0.29, 0.717) is 0 Å². The van der Waals surface area contributed by atoms with Gasteiger partial charge in [-0.3, -0.25) is 0 Å². The van der Waals surface area contributed by atoms with Crippen LogP contribution in [-0.4, -0.2) is 16.6 Å². The number of furan rings is 1. The number of aryl methyl sites for hydroxylation is 1. The van der Waals surface area contributed by atoms with E-state index in [1.165, 1.54) is 11.5 Å². The van der Waals surface area contributed by atoms with Crippen LogP contribution in [0.3, 0.4) is 0 Å². The molecule has 0 radical (unpaired) electrons. The van der Waals surface area contributed by atoms with Crippen molar-refractivity contribution < 1.29 is 4.42 Å². The monoisotopic (exact) mass is 241 g/mol. The summed E-state index contributed by atoms with van der Waals surface area (Å²) in [6.07, 6.45) is 1.70. The molecular formula is C9H11N3OS2. The fourth-order valence-corrected chi connectivity index (χ4v) is 2.68. The van der Waals surface area contributed by atoms with Crippen LogP contribution >= 0.6 is 23.3 Å². The summed E-state index contributed by atoms with van der Waals surface area (Å²) in [7, 11) is 1.88. The summed E-state index contributed by atoms with van der Waals surface area (Å²) in [5, 5.41) is 8.18. The molecule has 0 aliphatic carbocycles. The van der Waals surface area contributed by atoms with Crippen LogP contribution in [0.4, 0.5) is 5.00 Å². The van der Waals surface area contributed by atoms with E-state index in [2.05, 4.69) is 14.9 Å². The van der Waals surface area contributed by atoms with Gasteiger partial charge in [0.25, 0.3) is 0 Å². The zero-order chi connectivity index (χ0) is 10.7. The normalized spacial score (nSPS) is 10.5. The lowest BCUT2D eigenvalue weighted by molar-refractivity contribution is 0.527. The molecule has 6 heteroatoms. The molecule has 0 aromatic carbocycles. The Balaban J connectivity index is 2.02. The summed E-state index contributed by atoms with van der Waals surface area (Å²) in [6, 6.07) is 1.97. The van der Waals surface area contributed by atoms with Gasteiger partial charge >= 0.3 is 0 Å². The van der Waals surface area contributed by atoms with Crippen LogP contribution in [0, 0.1) is 6.92 Å². The quantitative estimate of drug-likeness (QED) is 0.834. The maximum atomic E-state index is 5.22. The molecular weight excluding hydrogens is 230 g/mol. The molecule has 15 heavy (non-hydrogen) atoms. The zero-order valence-corrected chi connectivity index (χ0v) is 10.1. The van der Waals surface area contributed by atoms with E-state index in [9.17, 15) is 0 Å². The molecule has 0 amide bonds. The van der Waals surface area contributed by atoms with Crippen LogP contribution in [0.5, 0.6) is 0 Å².